The average Bonchev–Trinajstić information content (AvgIpc) is 2.47. The Morgan fingerprint density at radius 2 is 1.75 bits per heavy atom. The van der Waals surface area contributed by atoms with E-state index in [1.165, 1.54) is 12.1 Å². The normalized spacial score (nSPS) is 18.9. The molecular weight excluding hydrogens is 281 g/mol. The van der Waals surface area contributed by atoms with Crippen LogP contribution in [0.1, 0.15) is 32.1 Å². The van der Waals surface area contributed by atoms with Crippen molar-refractivity contribution < 1.29 is 17.9 Å². The second-order valence-electron chi connectivity index (χ2n) is 5.50. The number of nitrogens with one attached hydrogen (secondary N) is 1. The van der Waals surface area contributed by atoms with Crippen molar-refractivity contribution >= 4 is 10.0 Å². The Morgan fingerprint density at radius 3 is 2.30 bits per heavy atom. The van der Waals surface area contributed by atoms with Crippen molar-refractivity contribution in [2.45, 2.75) is 37.0 Å². The molecule has 20 heavy (non-hydrogen) atoms. The fourth-order valence-electron chi connectivity index (χ4n) is 2.64. The quantitative estimate of drug-likeness (QED) is 0.874. The molecule has 1 aliphatic carbocycles. The van der Waals surface area contributed by atoms with Crippen molar-refractivity contribution in [1.29, 1.82) is 0 Å². The van der Waals surface area contributed by atoms with Crippen LogP contribution in [0, 0.1) is 11.2 Å². The molecule has 6 heteroatoms. The molecule has 0 atom stereocenters. The summed E-state index contributed by atoms with van der Waals surface area (Å²) in [7, 11) is -3.65. The van der Waals surface area contributed by atoms with E-state index in [1.54, 1.807) is 0 Å². The van der Waals surface area contributed by atoms with Crippen LogP contribution in [-0.4, -0.2) is 26.7 Å². The number of hydrogen-bond donors (Lipinski definition) is 2. The van der Waals surface area contributed by atoms with Crippen LogP contribution in [0.5, 0.6) is 0 Å². The third kappa shape index (κ3) is 3.56. The lowest BCUT2D eigenvalue weighted by Gasteiger charge is -2.35. The zero-order valence-electron chi connectivity index (χ0n) is 11.3. The molecule has 112 valence electrons. The fraction of sp³-hybridized carbons (Fsp3) is 0.571. The molecule has 0 saturated heterocycles. The molecule has 0 radical (unpaired) electrons. The minimum Gasteiger partial charge on any atom is -0.396 e. The SMILES string of the molecule is O=S(=O)(NCC1(CO)CCCCC1)c1ccc(F)cc1. The lowest BCUT2D eigenvalue weighted by molar-refractivity contribution is 0.0867. The molecule has 1 aromatic carbocycles. The van der Waals surface area contributed by atoms with E-state index in [0.717, 1.165) is 44.2 Å². The van der Waals surface area contributed by atoms with E-state index in [9.17, 15) is 17.9 Å². The first-order valence-corrected chi connectivity index (χ1v) is 8.32. The van der Waals surface area contributed by atoms with Gasteiger partial charge in [0.2, 0.25) is 10.0 Å². The first kappa shape index (κ1) is 15.4. The topological polar surface area (TPSA) is 66.4 Å². The molecule has 0 heterocycles. The van der Waals surface area contributed by atoms with Crippen LogP contribution in [0.25, 0.3) is 0 Å². The van der Waals surface area contributed by atoms with Crippen molar-refractivity contribution in [3.63, 3.8) is 0 Å². The predicted molar refractivity (Wildman–Crippen MR) is 74.2 cm³/mol. The highest BCUT2D eigenvalue weighted by Gasteiger charge is 2.32. The highest BCUT2D eigenvalue weighted by Crippen LogP contribution is 2.35. The Kier molecular flexibility index (Phi) is 4.78. The summed E-state index contributed by atoms with van der Waals surface area (Å²) in [5, 5.41) is 9.56. The van der Waals surface area contributed by atoms with E-state index >= 15 is 0 Å². The molecule has 0 spiro atoms. The van der Waals surface area contributed by atoms with Crippen LogP contribution in [0.3, 0.4) is 0 Å². The molecule has 1 saturated carbocycles. The van der Waals surface area contributed by atoms with Gasteiger partial charge in [-0.05, 0) is 37.1 Å². The monoisotopic (exact) mass is 301 g/mol. The van der Waals surface area contributed by atoms with Gasteiger partial charge in [-0.15, -0.1) is 0 Å². The standard InChI is InChI=1S/C14H20FNO3S/c15-12-4-6-13(7-5-12)20(18,19)16-10-14(11-17)8-2-1-3-9-14/h4-7,16-17H,1-3,8-11H2. The van der Waals surface area contributed by atoms with Crippen LogP contribution < -0.4 is 4.72 Å². The minimum atomic E-state index is -3.65. The molecule has 0 aromatic heterocycles. The molecule has 0 unspecified atom stereocenters. The molecule has 1 aromatic rings. The first-order valence-electron chi connectivity index (χ1n) is 6.84. The van der Waals surface area contributed by atoms with Gasteiger partial charge in [0.1, 0.15) is 5.82 Å². The zero-order chi connectivity index (χ0) is 14.6. The van der Waals surface area contributed by atoms with Crippen molar-refractivity contribution in [2.24, 2.45) is 5.41 Å². The number of aliphatic hydroxyl groups is 1. The summed E-state index contributed by atoms with van der Waals surface area (Å²) < 4.78 is 39.6. The molecule has 4 nitrogen and oxygen atoms in total. The third-order valence-electron chi connectivity index (χ3n) is 4.01. The molecule has 2 N–H and O–H groups in total. The molecule has 0 amide bonds. The Bertz CT molecular complexity index is 536. The van der Waals surface area contributed by atoms with E-state index in [1.807, 2.05) is 0 Å². The van der Waals surface area contributed by atoms with Gasteiger partial charge in [-0.3, -0.25) is 0 Å². The smallest absolute Gasteiger partial charge is 0.240 e. The van der Waals surface area contributed by atoms with Crippen LogP contribution >= 0.6 is 0 Å². The van der Waals surface area contributed by atoms with E-state index < -0.39 is 15.8 Å². The van der Waals surface area contributed by atoms with Gasteiger partial charge >= 0.3 is 0 Å². The Hall–Kier alpha value is -0.980. The summed E-state index contributed by atoms with van der Waals surface area (Å²) in [5.74, 6) is -0.469. The lowest BCUT2D eigenvalue weighted by atomic mass is 9.75. The van der Waals surface area contributed by atoms with Gasteiger partial charge in [-0.1, -0.05) is 19.3 Å². The average molecular weight is 301 g/mol. The number of sulfonamides is 1. The van der Waals surface area contributed by atoms with Crippen LogP contribution in [0.4, 0.5) is 4.39 Å². The molecule has 1 fully saturated rings. The Balaban J connectivity index is 2.06. The van der Waals surface area contributed by atoms with E-state index in [2.05, 4.69) is 4.72 Å². The summed E-state index contributed by atoms with van der Waals surface area (Å²) in [5.41, 5.74) is -0.356. The molecular formula is C14H20FNO3S. The highest BCUT2D eigenvalue weighted by molar-refractivity contribution is 7.89. The summed E-state index contributed by atoms with van der Waals surface area (Å²) >= 11 is 0. The Morgan fingerprint density at radius 1 is 1.15 bits per heavy atom. The van der Waals surface area contributed by atoms with E-state index in [-0.39, 0.29) is 23.5 Å². The number of rotatable bonds is 5. The maximum atomic E-state index is 12.8. The second-order valence-corrected chi connectivity index (χ2v) is 7.26. The van der Waals surface area contributed by atoms with Gasteiger partial charge < -0.3 is 5.11 Å². The van der Waals surface area contributed by atoms with E-state index in [4.69, 9.17) is 0 Å². The lowest BCUT2D eigenvalue weighted by Crippen LogP contribution is -2.41. The van der Waals surface area contributed by atoms with Crippen molar-refractivity contribution in [3.8, 4) is 0 Å². The number of hydrogen-bond acceptors (Lipinski definition) is 3. The van der Waals surface area contributed by atoms with E-state index in [0.29, 0.717) is 0 Å². The van der Waals surface area contributed by atoms with Crippen molar-refractivity contribution in [1.82, 2.24) is 4.72 Å². The first-order chi connectivity index (χ1) is 9.47. The number of halogens is 1. The highest BCUT2D eigenvalue weighted by atomic mass is 32.2. The second kappa shape index (κ2) is 6.20. The molecule has 1 aliphatic rings. The summed E-state index contributed by atoms with van der Waals surface area (Å²) in [6.45, 7) is 0.210. The minimum absolute atomic E-state index is 0.0149. The predicted octanol–water partition coefficient (Wildman–Crippen LogP) is 2.05. The number of aliphatic hydroxyl groups excluding tert-OH is 1. The van der Waals surface area contributed by atoms with Crippen LogP contribution in [-0.2, 0) is 10.0 Å². The van der Waals surface area contributed by atoms with Gasteiger partial charge in [-0.2, -0.15) is 0 Å². The van der Waals surface area contributed by atoms with Gasteiger partial charge in [0.25, 0.3) is 0 Å². The van der Waals surface area contributed by atoms with Crippen LogP contribution in [0.15, 0.2) is 29.2 Å². The largest absolute Gasteiger partial charge is 0.396 e. The summed E-state index contributed by atoms with van der Waals surface area (Å²) in [4.78, 5) is 0.0443. The summed E-state index contributed by atoms with van der Waals surface area (Å²) in [6.07, 6.45) is 4.81. The molecule has 0 aliphatic heterocycles. The third-order valence-corrected chi connectivity index (χ3v) is 5.43. The van der Waals surface area contributed by atoms with Crippen LogP contribution in [0.2, 0.25) is 0 Å². The maximum Gasteiger partial charge on any atom is 0.240 e. The zero-order valence-corrected chi connectivity index (χ0v) is 12.1. The van der Waals surface area contributed by atoms with Gasteiger partial charge in [-0.25, -0.2) is 17.5 Å². The van der Waals surface area contributed by atoms with Crippen molar-refractivity contribution in [2.75, 3.05) is 13.2 Å². The van der Waals surface area contributed by atoms with Gasteiger partial charge in [0.15, 0.2) is 0 Å². The summed E-state index contributed by atoms with van der Waals surface area (Å²) in [6, 6.07) is 4.72. The Labute approximate surface area is 119 Å². The molecule has 0 bridgehead atoms. The van der Waals surface area contributed by atoms with Gasteiger partial charge in [0, 0.05) is 18.6 Å². The van der Waals surface area contributed by atoms with Gasteiger partial charge in [0.05, 0.1) is 4.90 Å². The maximum absolute atomic E-state index is 12.8. The molecule has 2 rings (SSSR count). The number of benzene rings is 1. The van der Waals surface area contributed by atoms with Crippen molar-refractivity contribution in [3.05, 3.63) is 30.1 Å². The fourth-order valence-corrected chi connectivity index (χ4v) is 3.80.